The topological polar surface area (TPSA) is 76.1 Å². The third kappa shape index (κ3) is 34.6. The van der Waals surface area contributed by atoms with Crippen molar-refractivity contribution in [2.75, 3.05) is 32.8 Å². The largest absolute Gasteiger partial charge is 0.465 e. The molecule has 0 radical (unpaired) electrons. The van der Waals surface area contributed by atoms with Crippen LogP contribution in [0.25, 0.3) is 0 Å². The van der Waals surface area contributed by atoms with E-state index < -0.39 is 10.8 Å². The van der Waals surface area contributed by atoms with Gasteiger partial charge in [-0.3, -0.25) is 9.59 Å². The van der Waals surface area contributed by atoms with Crippen LogP contribution in [-0.2, 0) is 19.1 Å². The molecule has 6 nitrogen and oxygen atoms in total. The van der Waals surface area contributed by atoms with Gasteiger partial charge in [-0.1, -0.05) is 181 Å². The van der Waals surface area contributed by atoms with Gasteiger partial charge in [0.15, 0.2) is 0 Å². The minimum atomic E-state index is -0.436. The molecule has 0 bridgehead atoms. The van der Waals surface area contributed by atoms with Crippen LogP contribution in [0.5, 0.6) is 0 Å². The maximum atomic E-state index is 13.5. The predicted octanol–water partition coefficient (Wildman–Crippen LogP) is 15.5. The van der Waals surface area contributed by atoms with Gasteiger partial charge in [-0.25, -0.2) is 0 Å². The van der Waals surface area contributed by atoms with Crippen LogP contribution in [0.1, 0.15) is 273 Å². The first-order valence-corrected chi connectivity index (χ1v) is 25.8. The molecule has 0 aromatic heterocycles. The van der Waals surface area contributed by atoms with Crippen molar-refractivity contribution in [2.45, 2.75) is 279 Å². The zero-order valence-electron chi connectivity index (χ0n) is 40.4. The van der Waals surface area contributed by atoms with Gasteiger partial charge in [0.1, 0.15) is 6.10 Å². The number of unbranched alkanes of at least 4 members (excludes halogenated alkanes) is 25. The number of aliphatic hydroxyl groups excluding tert-OH is 1. The van der Waals surface area contributed by atoms with E-state index in [1.165, 1.54) is 141 Å². The van der Waals surface area contributed by atoms with Crippen LogP contribution in [0.4, 0.5) is 0 Å². The lowest BCUT2D eigenvalue weighted by molar-refractivity contribution is -0.161. The quantitative estimate of drug-likeness (QED) is 0.0487. The minimum absolute atomic E-state index is 0.0103. The van der Waals surface area contributed by atoms with E-state index in [4.69, 9.17) is 9.47 Å². The molecule has 0 aliphatic heterocycles. The zero-order valence-corrected chi connectivity index (χ0v) is 40.4. The Hall–Kier alpha value is -1.14. The van der Waals surface area contributed by atoms with Gasteiger partial charge in [0, 0.05) is 13.2 Å². The summed E-state index contributed by atoms with van der Waals surface area (Å²) in [6.45, 7) is 19.0. The number of aliphatic hydroxyl groups is 1. The van der Waals surface area contributed by atoms with Crippen molar-refractivity contribution in [3.63, 3.8) is 0 Å². The number of ether oxygens (including phenoxy) is 2. The Balaban J connectivity index is 4.43. The number of hydrogen-bond acceptors (Lipinski definition) is 6. The normalized spacial score (nSPS) is 12.2. The zero-order chi connectivity index (χ0) is 43.0. The summed E-state index contributed by atoms with van der Waals surface area (Å²) >= 11 is 0. The second-order valence-electron chi connectivity index (χ2n) is 19.5. The fourth-order valence-corrected chi connectivity index (χ4v) is 8.17. The highest BCUT2D eigenvalue weighted by atomic mass is 16.5. The molecule has 0 spiro atoms. The van der Waals surface area contributed by atoms with Crippen molar-refractivity contribution in [3.05, 3.63) is 0 Å². The fourth-order valence-electron chi connectivity index (χ4n) is 8.17. The maximum absolute atomic E-state index is 13.5. The molecule has 0 heterocycles. The summed E-state index contributed by atoms with van der Waals surface area (Å²) < 4.78 is 12.0. The lowest BCUT2D eigenvalue weighted by Crippen LogP contribution is -2.31. The first-order valence-electron chi connectivity index (χ1n) is 25.8. The number of nitrogens with zero attached hydrogens (tertiary/aromatic N) is 1. The Bertz CT molecular complexity index is 886. The van der Waals surface area contributed by atoms with E-state index in [9.17, 15) is 14.7 Å². The Morgan fingerprint density at radius 3 is 1.22 bits per heavy atom. The molecule has 346 valence electrons. The summed E-state index contributed by atoms with van der Waals surface area (Å²) in [5.74, 6) is -0.0259. The average molecular weight is 822 g/mol. The lowest BCUT2D eigenvalue weighted by atomic mass is 9.86. The van der Waals surface area contributed by atoms with E-state index in [0.717, 1.165) is 103 Å². The molecule has 0 aliphatic rings. The molecule has 0 aromatic rings. The predicted molar refractivity (Wildman–Crippen MR) is 251 cm³/mol. The standard InChI is InChI=1S/C52H103NO5/c1-8-11-14-17-20-23-30-37-47-57-49(55)51(4,5)41-33-26-28-35-43-53(45-38-46-54)44-36-29-27-34-42-52(6,7)50(56)58-48(39-31-24-21-18-15-12-9-2)40-32-25-22-19-16-13-10-3/h48,54H,8-47H2,1-7H3. The van der Waals surface area contributed by atoms with Crippen LogP contribution in [0.15, 0.2) is 0 Å². The lowest BCUT2D eigenvalue weighted by Gasteiger charge is -2.27. The third-order valence-electron chi connectivity index (χ3n) is 12.6. The second-order valence-corrected chi connectivity index (χ2v) is 19.5. The van der Waals surface area contributed by atoms with Crippen molar-refractivity contribution in [1.29, 1.82) is 0 Å². The molecule has 0 saturated heterocycles. The SMILES string of the molecule is CCCCCCCCCCOC(=O)C(C)(C)CCCCCCN(CCCO)CCCCCCC(C)(C)C(=O)OC(CCCCCCCCC)CCCCCCCCC. The molecule has 0 aliphatic carbocycles. The molecule has 0 amide bonds. The van der Waals surface area contributed by atoms with Gasteiger partial charge in [-0.2, -0.15) is 0 Å². The van der Waals surface area contributed by atoms with Gasteiger partial charge in [-0.05, 0) is 105 Å². The van der Waals surface area contributed by atoms with Gasteiger partial charge in [-0.15, -0.1) is 0 Å². The van der Waals surface area contributed by atoms with E-state index in [2.05, 4.69) is 39.5 Å². The molecular formula is C52H103NO5. The number of rotatable bonds is 45. The maximum Gasteiger partial charge on any atom is 0.311 e. The van der Waals surface area contributed by atoms with Crippen LogP contribution < -0.4 is 0 Å². The van der Waals surface area contributed by atoms with Gasteiger partial charge in [0.2, 0.25) is 0 Å². The fraction of sp³-hybridized carbons (Fsp3) is 0.962. The van der Waals surface area contributed by atoms with Crippen molar-refractivity contribution < 1.29 is 24.2 Å². The van der Waals surface area contributed by atoms with Crippen molar-refractivity contribution >= 4 is 11.9 Å². The van der Waals surface area contributed by atoms with Crippen LogP contribution >= 0.6 is 0 Å². The molecular weight excluding hydrogens is 719 g/mol. The van der Waals surface area contributed by atoms with Gasteiger partial charge in [0.05, 0.1) is 17.4 Å². The van der Waals surface area contributed by atoms with Crippen LogP contribution in [0.2, 0.25) is 0 Å². The number of hydrogen-bond donors (Lipinski definition) is 1. The first-order chi connectivity index (χ1) is 28.0. The summed E-state index contributed by atoms with van der Waals surface area (Å²) in [6, 6.07) is 0. The second kappa shape index (κ2) is 40.0. The van der Waals surface area contributed by atoms with E-state index >= 15 is 0 Å². The van der Waals surface area contributed by atoms with Crippen molar-refractivity contribution in [3.8, 4) is 0 Å². The van der Waals surface area contributed by atoms with Crippen LogP contribution in [-0.4, -0.2) is 60.9 Å². The number of carbonyl (C=O) groups excluding carboxylic acids is 2. The molecule has 6 heteroatoms. The monoisotopic (exact) mass is 822 g/mol. The summed E-state index contributed by atoms with van der Waals surface area (Å²) in [7, 11) is 0. The van der Waals surface area contributed by atoms with Crippen molar-refractivity contribution in [2.24, 2.45) is 10.8 Å². The minimum Gasteiger partial charge on any atom is -0.465 e. The summed E-state index contributed by atoms with van der Waals surface area (Å²) in [5.41, 5.74) is -0.848. The van der Waals surface area contributed by atoms with Gasteiger partial charge >= 0.3 is 11.9 Å². The molecule has 0 fully saturated rings. The summed E-state index contributed by atoms with van der Waals surface area (Å²) in [5, 5.41) is 9.50. The summed E-state index contributed by atoms with van der Waals surface area (Å²) in [6.07, 6.45) is 41.9. The highest BCUT2D eigenvalue weighted by molar-refractivity contribution is 5.76. The van der Waals surface area contributed by atoms with E-state index in [1.54, 1.807) is 0 Å². The number of carbonyl (C=O) groups is 2. The van der Waals surface area contributed by atoms with Gasteiger partial charge in [0.25, 0.3) is 0 Å². The summed E-state index contributed by atoms with van der Waals surface area (Å²) in [4.78, 5) is 28.7. The Kier molecular flexibility index (Phi) is 39.2. The van der Waals surface area contributed by atoms with E-state index in [1.807, 2.05) is 13.8 Å². The Morgan fingerprint density at radius 1 is 0.448 bits per heavy atom. The molecule has 0 aromatic carbocycles. The highest BCUT2D eigenvalue weighted by Crippen LogP contribution is 2.29. The first kappa shape index (κ1) is 56.9. The molecule has 0 unspecified atom stereocenters. The van der Waals surface area contributed by atoms with Crippen LogP contribution in [0, 0.1) is 10.8 Å². The third-order valence-corrected chi connectivity index (χ3v) is 12.6. The van der Waals surface area contributed by atoms with E-state index in [-0.39, 0.29) is 24.6 Å². The molecule has 58 heavy (non-hydrogen) atoms. The molecule has 0 saturated carbocycles. The Morgan fingerprint density at radius 2 is 0.793 bits per heavy atom. The van der Waals surface area contributed by atoms with Gasteiger partial charge < -0.3 is 19.5 Å². The molecule has 0 atom stereocenters. The molecule has 1 N–H and O–H groups in total. The smallest absolute Gasteiger partial charge is 0.311 e. The molecule has 0 rings (SSSR count). The van der Waals surface area contributed by atoms with Crippen LogP contribution in [0.3, 0.4) is 0 Å². The number of esters is 2. The average Bonchev–Trinajstić information content (AvgIpc) is 3.20. The Labute approximate surface area is 362 Å². The van der Waals surface area contributed by atoms with Crippen molar-refractivity contribution in [1.82, 2.24) is 4.90 Å². The highest BCUT2D eigenvalue weighted by Gasteiger charge is 2.31. The van der Waals surface area contributed by atoms with E-state index in [0.29, 0.717) is 6.61 Å².